The average Bonchev–Trinajstić information content (AvgIpc) is 2.76. The minimum absolute atomic E-state index is 0. The SMILES string of the molecule is CCCC1CN(CCCNc2ccc(C[C@H](OC)C(=O)[O-])cc2)c2ccccc2O1.[Mg+2]. The van der Waals surface area contributed by atoms with Crippen LogP contribution in [0.4, 0.5) is 11.4 Å². The van der Waals surface area contributed by atoms with Crippen molar-refractivity contribution in [3.05, 3.63) is 54.1 Å². The molecule has 1 aliphatic rings. The van der Waals surface area contributed by atoms with E-state index in [1.807, 2.05) is 30.3 Å². The maximum absolute atomic E-state index is 11.0. The Labute approximate surface area is 201 Å². The van der Waals surface area contributed by atoms with E-state index in [0.29, 0.717) is 6.42 Å². The fourth-order valence-corrected chi connectivity index (χ4v) is 3.80. The number of fused-ring (bicyclic) bond motifs is 1. The molecular weight excluding hydrogens is 405 g/mol. The molecule has 0 spiro atoms. The average molecular weight is 436 g/mol. The van der Waals surface area contributed by atoms with E-state index in [-0.39, 0.29) is 29.2 Å². The van der Waals surface area contributed by atoms with Crippen LogP contribution in [0.5, 0.6) is 5.75 Å². The molecule has 1 unspecified atom stereocenters. The van der Waals surface area contributed by atoms with Crippen LogP contribution in [0.2, 0.25) is 0 Å². The van der Waals surface area contributed by atoms with E-state index in [1.165, 1.54) is 12.8 Å². The predicted molar refractivity (Wildman–Crippen MR) is 123 cm³/mol. The van der Waals surface area contributed by atoms with Crippen molar-refractivity contribution in [2.75, 3.05) is 37.0 Å². The van der Waals surface area contributed by atoms with E-state index in [0.717, 1.165) is 55.9 Å². The van der Waals surface area contributed by atoms with Crippen molar-refractivity contribution < 1.29 is 19.4 Å². The number of methoxy groups -OCH3 is 1. The van der Waals surface area contributed by atoms with Crippen molar-refractivity contribution in [3.63, 3.8) is 0 Å². The van der Waals surface area contributed by atoms with Gasteiger partial charge in [0, 0.05) is 32.3 Å². The number of anilines is 2. The van der Waals surface area contributed by atoms with Gasteiger partial charge in [0.25, 0.3) is 0 Å². The van der Waals surface area contributed by atoms with Crippen molar-refractivity contribution >= 4 is 40.4 Å². The van der Waals surface area contributed by atoms with Crippen LogP contribution in [0.15, 0.2) is 48.5 Å². The van der Waals surface area contributed by atoms with Crippen LogP contribution in [0, 0.1) is 0 Å². The van der Waals surface area contributed by atoms with Gasteiger partial charge in [-0.3, -0.25) is 0 Å². The third-order valence-electron chi connectivity index (χ3n) is 5.39. The molecule has 3 rings (SSSR count). The van der Waals surface area contributed by atoms with E-state index < -0.39 is 12.1 Å². The Morgan fingerprint density at radius 3 is 2.68 bits per heavy atom. The molecule has 162 valence electrons. The van der Waals surface area contributed by atoms with Gasteiger partial charge >= 0.3 is 23.1 Å². The van der Waals surface area contributed by atoms with E-state index in [2.05, 4.69) is 35.3 Å². The van der Waals surface area contributed by atoms with Gasteiger partial charge in [-0.2, -0.15) is 0 Å². The summed E-state index contributed by atoms with van der Waals surface area (Å²) in [6, 6.07) is 16.1. The van der Waals surface area contributed by atoms with Crippen molar-refractivity contribution in [1.82, 2.24) is 0 Å². The molecule has 0 radical (unpaired) electrons. The van der Waals surface area contributed by atoms with Crippen molar-refractivity contribution in [3.8, 4) is 5.75 Å². The molecule has 2 atom stereocenters. The Hall–Kier alpha value is -1.96. The first-order valence-electron chi connectivity index (χ1n) is 10.7. The molecule has 0 amide bonds. The van der Waals surface area contributed by atoms with E-state index in [4.69, 9.17) is 9.47 Å². The second-order valence-electron chi connectivity index (χ2n) is 7.67. The number of hydrogen-bond acceptors (Lipinski definition) is 6. The van der Waals surface area contributed by atoms with Crippen LogP contribution >= 0.6 is 0 Å². The molecule has 1 heterocycles. The smallest absolute Gasteiger partial charge is 0.547 e. The summed E-state index contributed by atoms with van der Waals surface area (Å²) in [6.45, 7) is 4.94. The Kier molecular flexibility index (Phi) is 10.4. The van der Waals surface area contributed by atoms with Gasteiger partial charge in [0.15, 0.2) is 0 Å². The zero-order valence-electron chi connectivity index (χ0n) is 18.5. The predicted octanol–water partition coefficient (Wildman–Crippen LogP) is 2.48. The summed E-state index contributed by atoms with van der Waals surface area (Å²) in [4.78, 5) is 13.4. The zero-order chi connectivity index (χ0) is 21.3. The summed E-state index contributed by atoms with van der Waals surface area (Å²) in [6.07, 6.45) is 2.82. The number of hydrogen-bond donors (Lipinski definition) is 1. The quantitative estimate of drug-likeness (QED) is 0.432. The number of rotatable bonds is 11. The molecule has 0 saturated heterocycles. The number of benzene rings is 2. The van der Waals surface area contributed by atoms with Crippen LogP contribution < -0.4 is 20.1 Å². The number of ether oxygens (including phenoxy) is 2. The fourth-order valence-electron chi connectivity index (χ4n) is 3.80. The first-order chi connectivity index (χ1) is 14.6. The van der Waals surface area contributed by atoms with Gasteiger partial charge in [-0.1, -0.05) is 37.6 Å². The molecule has 2 aromatic carbocycles. The number of nitrogens with zero attached hydrogens (tertiary/aromatic N) is 1. The first kappa shape index (κ1) is 25.3. The Morgan fingerprint density at radius 1 is 1.26 bits per heavy atom. The Balaban J connectivity index is 0.00000341. The molecule has 0 fully saturated rings. The normalized spacial score (nSPS) is 15.9. The fraction of sp³-hybridized carbons (Fsp3) is 0.458. The van der Waals surface area contributed by atoms with Crippen LogP contribution in [0.1, 0.15) is 31.7 Å². The summed E-state index contributed by atoms with van der Waals surface area (Å²) in [7, 11) is 1.38. The number of para-hydroxylation sites is 2. The van der Waals surface area contributed by atoms with Gasteiger partial charge in [0.1, 0.15) is 18.0 Å². The number of aliphatic carboxylic acids is 1. The molecule has 31 heavy (non-hydrogen) atoms. The van der Waals surface area contributed by atoms with E-state index >= 15 is 0 Å². The minimum atomic E-state index is -1.19. The molecule has 0 aliphatic carbocycles. The van der Waals surface area contributed by atoms with Crippen molar-refractivity contribution in [2.45, 2.75) is 44.8 Å². The third kappa shape index (κ3) is 7.30. The van der Waals surface area contributed by atoms with E-state index in [9.17, 15) is 9.90 Å². The van der Waals surface area contributed by atoms with Crippen LogP contribution in [0.3, 0.4) is 0 Å². The Bertz CT molecular complexity index is 815. The molecule has 2 aromatic rings. The standard InChI is InChI=1S/C24H32N2O4.Mg/c1-3-7-20-17-26(21-8-4-5-9-22(21)30-20)15-6-14-25-19-12-10-18(11-13-19)16-23(29-2)24(27)28;/h4-5,8-13,20,23,25H,3,6-7,14-17H2,1-2H3,(H,27,28);/q;+2/p-1/t20?,23-;/m0./s1. The first-order valence-corrected chi connectivity index (χ1v) is 10.7. The largest absolute Gasteiger partial charge is 2.00 e. The van der Waals surface area contributed by atoms with Gasteiger partial charge < -0.3 is 29.6 Å². The molecule has 0 saturated carbocycles. The van der Waals surface area contributed by atoms with Gasteiger partial charge in [0.05, 0.1) is 18.2 Å². The molecule has 0 bridgehead atoms. The molecule has 0 aromatic heterocycles. The summed E-state index contributed by atoms with van der Waals surface area (Å²) in [5.74, 6) is -0.206. The second-order valence-corrected chi connectivity index (χ2v) is 7.67. The topological polar surface area (TPSA) is 73.9 Å². The maximum atomic E-state index is 11.0. The molecule has 7 heteroatoms. The number of carboxylic acids is 1. The number of carboxylic acid groups (broad SMARTS) is 1. The van der Waals surface area contributed by atoms with Crippen LogP contribution in [-0.2, 0) is 16.0 Å². The minimum Gasteiger partial charge on any atom is -0.547 e. The van der Waals surface area contributed by atoms with Gasteiger partial charge in [-0.05, 0) is 42.7 Å². The summed E-state index contributed by atoms with van der Waals surface area (Å²) < 4.78 is 11.1. The zero-order valence-corrected chi connectivity index (χ0v) is 19.9. The van der Waals surface area contributed by atoms with Gasteiger partial charge in [0.2, 0.25) is 0 Å². The molecule has 1 N–H and O–H groups in total. The summed E-state index contributed by atoms with van der Waals surface area (Å²) in [5, 5.41) is 14.4. The maximum Gasteiger partial charge on any atom is 2.00 e. The number of carbonyl (C=O) groups excluding carboxylic acids is 1. The molecular formula is C24H31MgN2O4+. The van der Waals surface area contributed by atoms with Crippen LogP contribution in [0.25, 0.3) is 0 Å². The molecule has 1 aliphatic heterocycles. The Morgan fingerprint density at radius 2 is 2.00 bits per heavy atom. The van der Waals surface area contributed by atoms with Crippen molar-refractivity contribution in [1.29, 1.82) is 0 Å². The van der Waals surface area contributed by atoms with E-state index in [1.54, 1.807) is 0 Å². The summed E-state index contributed by atoms with van der Waals surface area (Å²) in [5.41, 5.74) is 3.10. The monoisotopic (exact) mass is 435 g/mol. The van der Waals surface area contributed by atoms with Crippen molar-refractivity contribution in [2.24, 2.45) is 0 Å². The second kappa shape index (κ2) is 12.8. The molecule has 6 nitrogen and oxygen atoms in total. The van der Waals surface area contributed by atoms with Gasteiger partial charge in [-0.15, -0.1) is 0 Å². The third-order valence-corrected chi connectivity index (χ3v) is 5.39. The van der Waals surface area contributed by atoms with Crippen LogP contribution in [-0.4, -0.2) is 68.0 Å². The van der Waals surface area contributed by atoms with Gasteiger partial charge in [-0.25, -0.2) is 0 Å². The number of carbonyl (C=O) groups is 1. The summed E-state index contributed by atoms with van der Waals surface area (Å²) >= 11 is 0. The number of nitrogens with one attached hydrogen (secondary N) is 1.